The molecule has 160 valence electrons. The summed E-state index contributed by atoms with van der Waals surface area (Å²) in [5, 5.41) is 0. The van der Waals surface area contributed by atoms with Gasteiger partial charge in [0, 0.05) is 25.3 Å². The van der Waals surface area contributed by atoms with Crippen LogP contribution in [0.1, 0.15) is 24.2 Å². The molecule has 0 bridgehead atoms. The minimum atomic E-state index is 0.237. The molecule has 0 radical (unpaired) electrons. The zero-order valence-corrected chi connectivity index (χ0v) is 17.8. The lowest BCUT2D eigenvalue weighted by Crippen LogP contribution is -2.32. The highest BCUT2D eigenvalue weighted by Gasteiger charge is 2.23. The van der Waals surface area contributed by atoms with Crippen LogP contribution in [0.3, 0.4) is 0 Å². The van der Waals surface area contributed by atoms with Gasteiger partial charge in [0.2, 0.25) is 5.75 Å². The molecule has 1 fully saturated rings. The summed E-state index contributed by atoms with van der Waals surface area (Å²) in [6.07, 6.45) is 2.43. The molecule has 1 atom stereocenters. The molecule has 1 saturated heterocycles. The van der Waals surface area contributed by atoms with Gasteiger partial charge in [0.25, 0.3) is 0 Å². The van der Waals surface area contributed by atoms with Gasteiger partial charge in [0.15, 0.2) is 11.5 Å². The minimum Gasteiger partial charge on any atom is -0.493 e. The van der Waals surface area contributed by atoms with Crippen LogP contribution < -0.4 is 14.2 Å². The fourth-order valence-electron chi connectivity index (χ4n) is 4.08. The largest absolute Gasteiger partial charge is 0.493 e. The second-order valence-corrected chi connectivity index (χ2v) is 7.50. The highest BCUT2D eigenvalue weighted by molar-refractivity contribution is 5.74. The first kappa shape index (κ1) is 20.5. The van der Waals surface area contributed by atoms with Gasteiger partial charge < -0.3 is 23.9 Å². The fourth-order valence-corrected chi connectivity index (χ4v) is 4.08. The summed E-state index contributed by atoms with van der Waals surface area (Å²) in [5.41, 5.74) is 3.06. The van der Waals surface area contributed by atoms with E-state index in [-0.39, 0.29) is 6.10 Å². The first-order chi connectivity index (χ1) is 14.7. The van der Waals surface area contributed by atoms with Crippen LogP contribution in [0, 0.1) is 0 Å². The van der Waals surface area contributed by atoms with Crippen molar-refractivity contribution in [3.8, 4) is 17.2 Å². The highest BCUT2D eigenvalue weighted by atomic mass is 16.5. The van der Waals surface area contributed by atoms with E-state index in [1.807, 2.05) is 36.4 Å². The third-order valence-corrected chi connectivity index (χ3v) is 5.48. The molecular weight excluding hydrogens is 382 g/mol. The first-order valence-electron chi connectivity index (χ1n) is 10.3. The van der Waals surface area contributed by atoms with Gasteiger partial charge in [0.1, 0.15) is 5.82 Å². The van der Waals surface area contributed by atoms with Crippen LogP contribution in [0.5, 0.6) is 17.2 Å². The molecule has 2 aromatic carbocycles. The van der Waals surface area contributed by atoms with Gasteiger partial charge in [0.05, 0.1) is 45.0 Å². The molecule has 30 heavy (non-hydrogen) atoms. The number of H-pyrrole nitrogens is 1. The van der Waals surface area contributed by atoms with Gasteiger partial charge in [-0.3, -0.25) is 4.90 Å². The number of rotatable bonds is 9. The van der Waals surface area contributed by atoms with Crippen molar-refractivity contribution in [3.05, 3.63) is 47.8 Å². The number of para-hydroxylation sites is 2. The number of imidazole rings is 1. The second kappa shape index (κ2) is 9.36. The molecule has 1 aromatic heterocycles. The lowest BCUT2D eigenvalue weighted by molar-refractivity contribution is 0.0668. The van der Waals surface area contributed by atoms with E-state index in [2.05, 4.69) is 9.88 Å². The van der Waals surface area contributed by atoms with Gasteiger partial charge >= 0.3 is 0 Å². The van der Waals surface area contributed by atoms with Crippen molar-refractivity contribution in [1.29, 1.82) is 0 Å². The number of nitrogens with one attached hydrogen (secondary N) is 1. The lowest BCUT2D eigenvalue weighted by atomic mass is 10.1. The van der Waals surface area contributed by atoms with E-state index < -0.39 is 0 Å². The van der Waals surface area contributed by atoms with Gasteiger partial charge in [-0.25, -0.2) is 4.98 Å². The van der Waals surface area contributed by atoms with E-state index in [0.29, 0.717) is 30.3 Å². The Balaban J connectivity index is 1.61. The van der Waals surface area contributed by atoms with Crippen LogP contribution in [0.4, 0.5) is 0 Å². The van der Waals surface area contributed by atoms with Gasteiger partial charge in [-0.15, -0.1) is 0 Å². The Labute approximate surface area is 176 Å². The van der Waals surface area contributed by atoms with Crippen molar-refractivity contribution in [2.75, 3.05) is 34.5 Å². The lowest BCUT2D eigenvalue weighted by Gasteiger charge is -2.26. The fraction of sp³-hybridized carbons (Fsp3) is 0.435. The Kier molecular flexibility index (Phi) is 6.40. The number of benzene rings is 2. The molecule has 7 heteroatoms. The van der Waals surface area contributed by atoms with E-state index in [4.69, 9.17) is 23.9 Å². The molecule has 2 heterocycles. The quantitative estimate of drug-likeness (QED) is 0.578. The van der Waals surface area contributed by atoms with Crippen LogP contribution in [-0.2, 0) is 17.8 Å². The summed E-state index contributed by atoms with van der Waals surface area (Å²) in [5.74, 6) is 2.90. The molecule has 0 aliphatic carbocycles. The van der Waals surface area contributed by atoms with Crippen molar-refractivity contribution in [2.45, 2.75) is 32.0 Å². The van der Waals surface area contributed by atoms with Crippen LogP contribution in [0.2, 0.25) is 0 Å². The first-order valence-corrected chi connectivity index (χ1v) is 10.3. The van der Waals surface area contributed by atoms with E-state index in [0.717, 1.165) is 48.4 Å². The predicted molar refractivity (Wildman–Crippen MR) is 115 cm³/mol. The van der Waals surface area contributed by atoms with E-state index in [1.54, 1.807) is 21.3 Å². The van der Waals surface area contributed by atoms with Crippen LogP contribution in [0.25, 0.3) is 11.0 Å². The van der Waals surface area contributed by atoms with Crippen LogP contribution in [-0.4, -0.2) is 55.5 Å². The number of fused-ring (bicyclic) bond motifs is 1. The number of hydrogen-bond donors (Lipinski definition) is 1. The number of nitrogens with zero attached hydrogens (tertiary/aromatic N) is 2. The third kappa shape index (κ3) is 4.37. The molecule has 0 amide bonds. The van der Waals surface area contributed by atoms with Crippen molar-refractivity contribution in [1.82, 2.24) is 14.9 Å². The average molecular weight is 412 g/mol. The molecule has 0 saturated carbocycles. The summed E-state index contributed by atoms with van der Waals surface area (Å²) in [7, 11) is 4.91. The van der Waals surface area contributed by atoms with Gasteiger partial charge in [-0.1, -0.05) is 18.2 Å². The van der Waals surface area contributed by atoms with Gasteiger partial charge in [-0.2, -0.15) is 0 Å². The van der Waals surface area contributed by atoms with Crippen LogP contribution >= 0.6 is 0 Å². The van der Waals surface area contributed by atoms with Crippen LogP contribution in [0.15, 0.2) is 36.4 Å². The summed E-state index contributed by atoms with van der Waals surface area (Å²) in [6.45, 7) is 3.03. The molecule has 0 unspecified atom stereocenters. The van der Waals surface area contributed by atoms with Crippen molar-refractivity contribution < 1.29 is 18.9 Å². The number of aromatic nitrogens is 2. The van der Waals surface area contributed by atoms with Gasteiger partial charge in [-0.05, 0) is 31.0 Å². The zero-order chi connectivity index (χ0) is 20.9. The van der Waals surface area contributed by atoms with Crippen molar-refractivity contribution >= 4 is 11.0 Å². The average Bonchev–Trinajstić information content (AvgIpc) is 3.42. The predicted octanol–water partition coefficient (Wildman–Crippen LogP) is 3.77. The number of methoxy groups -OCH3 is 3. The van der Waals surface area contributed by atoms with Crippen molar-refractivity contribution in [2.24, 2.45) is 0 Å². The topological polar surface area (TPSA) is 68.8 Å². The SMILES string of the molecule is COc1ccc(CN(Cc2nc3ccccc3[nH]2)C[C@H]2CCCO2)c(OC)c1OC. The molecular formula is C23H29N3O4. The Hall–Kier alpha value is -2.77. The molecule has 0 spiro atoms. The maximum Gasteiger partial charge on any atom is 0.203 e. The molecule has 1 aliphatic rings. The minimum absolute atomic E-state index is 0.237. The molecule has 1 N–H and O–H groups in total. The van der Waals surface area contributed by atoms with E-state index in [9.17, 15) is 0 Å². The summed E-state index contributed by atoms with van der Waals surface area (Å²) in [6, 6.07) is 12.0. The number of hydrogen-bond acceptors (Lipinski definition) is 6. The smallest absolute Gasteiger partial charge is 0.203 e. The number of aromatic amines is 1. The number of ether oxygens (including phenoxy) is 4. The van der Waals surface area contributed by atoms with E-state index in [1.165, 1.54) is 0 Å². The summed E-state index contributed by atoms with van der Waals surface area (Å²) in [4.78, 5) is 10.5. The Morgan fingerprint density at radius 3 is 2.57 bits per heavy atom. The highest BCUT2D eigenvalue weighted by Crippen LogP contribution is 2.40. The van der Waals surface area contributed by atoms with Crippen molar-refractivity contribution in [3.63, 3.8) is 0 Å². The standard InChI is InChI=1S/C23H29N3O4/c1-27-20-11-10-16(22(28-2)23(20)29-3)13-26(14-17-7-6-12-30-17)15-21-24-18-8-4-5-9-19(18)25-21/h4-5,8-11,17H,6-7,12-15H2,1-3H3,(H,24,25)/t17-/m1/s1. The second-order valence-electron chi connectivity index (χ2n) is 7.50. The monoisotopic (exact) mass is 411 g/mol. The molecule has 7 nitrogen and oxygen atoms in total. The third-order valence-electron chi connectivity index (χ3n) is 5.48. The Morgan fingerprint density at radius 1 is 1.03 bits per heavy atom. The maximum atomic E-state index is 5.91. The normalized spacial score (nSPS) is 16.3. The summed E-state index contributed by atoms with van der Waals surface area (Å²) >= 11 is 0. The summed E-state index contributed by atoms with van der Waals surface area (Å²) < 4.78 is 22.6. The molecule has 1 aliphatic heterocycles. The Morgan fingerprint density at radius 2 is 1.87 bits per heavy atom. The Bertz CT molecular complexity index is 949. The molecule has 3 aromatic rings. The zero-order valence-electron chi connectivity index (χ0n) is 17.8. The van der Waals surface area contributed by atoms with E-state index >= 15 is 0 Å². The molecule has 4 rings (SSSR count). The maximum absolute atomic E-state index is 5.91.